The summed E-state index contributed by atoms with van der Waals surface area (Å²) in [6, 6.07) is -0.932. The summed E-state index contributed by atoms with van der Waals surface area (Å²) in [4.78, 5) is 13.4. The van der Waals surface area contributed by atoms with Crippen molar-refractivity contribution in [3.63, 3.8) is 0 Å². The summed E-state index contributed by atoms with van der Waals surface area (Å²) in [5.74, 6) is -0.240. The van der Waals surface area contributed by atoms with Crippen LogP contribution in [0.4, 0.5) is 0 Å². The Balaban J connectivity index is 1.60. The molecule has 0 aromatic carbocycles. The summed E-state index contributed by atoms with van der Waals surface area (Å²) in [6.07, 6.45) is 74.0. The van der Waals surface area contributed by atoms with Crippen molar-refractivity contribution >= 4 is 5.91 Å². The SMILES string of the molecule is CCCCCCCCCC/C=C\CCCCCCCCCCCCCCCCCCCCCCCCCC(=O)NC(COC1OC(CO)C(OC2OC(CO)C(O)C(O)C2O)C(O)C1O)C(O)/C=C/CC/C=C/CCCCCCCCCCCCCCCCCCCCCCCCC. The zero-order valence-corrected chi connectivity index (χ0v) is 63.6. The lowest BCUT2D eigenvalue weighted by atomic mass is 9.97. The van der Waals surface area contributed by atoms with Crippen molar-refractivity contribution in [2.45, 2.75) is 473 Å². The Hall–Kier alpha value is -1.79. The molecule has 1 amide bonds. The average Bonchev–Trinajstić information content (AvgIpc) is 0.797. The Morgan fingerprint density at radius 1 is 0.357 bits per heavy atom. The first-order chi connectivity index (χ1) is 48.1. The minimum Gasteiger partial charge on any atom is -0.394 e. The largest absolute Gasteiger partial charge is 0.394 e. The molecule has 0 aromatic heterocycles. The number of ether oxygens (including phenoxy) is 4. The van der Waals surface area contributed by atoms with Crippen LogP contribution in [-0.4, -0.2) is 140 Å². The van der Waals surface area contributed by atoms with Gasteiger partial charge in [-0.15, -0.1) is 0 Å². The van der Waals surface area contributed by atoms with Gasteiger partial charge in [0.25, 0.3) is 0 Å². The third-order valence-electron chi connectivity index (χ3n) is 20.8. The highest BCUT2D eigenvalue weighted by atomic mass is 16.7. The van der Waals surface area contributed by atoms with Crippen molar-refractivity contribution in [3.05, 3.63) is 36.5 Å². The van der Waals surface area contributed by atoms with Crippen molar-refractivity contribution in [2.75, 3.05) is 19.8 Å². The maximum Gasteiger partial charge on any atom is 0.220 e. The molecule has 9 N–H and O–H groups in total. The Labute approximate surface area is 601 Å². The second-order valence-electron chi connectivity index (χ2n) is 30.0. The van der Waals surface area contributed by atoms with Gasteiger partial charge in [0.15, 0.2) is 12.6 Å². The van der Waals surface area contributed by atoms with Gasteiger partial charge < -0.3 is 65.1 Å². The van der Waals surface area contributed by atoms with E-state index in [1.54, 1.807) is 6.08 Å². The summed E-state index contributed by atoms with van der Waals surface area (Å²) in [5.41, 5.74) is 0. The van der Waals surface area contributed by atoms with Gasteiger partial charge >= 0.3 is 0 Å². The molecule has 14 nitrogen and oxygen atoms in total. The van der Waals surface area contributed by atoms with Crippen LogP contribution in [0.5, 0.6) is 0 Å². The third kappa shape index (κ3) is 50.6. The van der Waals surface area contributed by atoms with Crippen LogP contribution in [0.2, 0.25) is 0 Å². The predicted molar refractivity (Wildman–Crippen MR) is 406 cm³/mol. The first-order valence-electron chi connectivity index (χ1n) is 42.2. The monoisotopic (exact) mass is 1390 g/mol. The van der Waals surface area contributed by atoms with Crippen LogP contribution in [0.1, 0.15) is 399 Å². The summed E-state index contributed by atoms with van der Waals surface area (Å²) in [6.45, 7) is 2.85. The molecule has 2 saturated heterocycles. The van der Waals surface area contributed by atoms with E-state index < -0.39 is 86.8 Å². The molecule has 2 heterocycles. The number of aliphatic hydroxyl groups excluding tert-OH is 8. The van der Waals surface area contributed by atoms with Gasteiger partial charge in [0.05, 0.1) is 32.0 Å². The molecule has 12 unspecified atom stereocenters. The van der Waals surface area contributed by atoms with E-state index in [0.717, 1.165) is 32.1 Å². The van der Waals surface area contributed by atoms with Gasteiger partial charge in [0.1, 0.15) is 48.8 Å². The molecule has 2 aliphatic heterocycles. The molecule has 2 rings (SSSR count). The summed E-state index contributed by atoms with van der Waals surface area (Å²) in [5, 5.41) is 87.7. The molecule has 14 heteroatoms. The predicted octanol–water partition coefficient (Wildman–Crippen LogP) is 19.6. The molecule has 578 valence electrons. The van der Waals surface area contributed by atoms with Crippen molar-refractivity contribution in [2.24, 2.45) is 0 Å². The van der Waals surface area contributed by atoms with Gasteiger partial charge in [0.2, 0.25) is 5.91 Å². The van der Waals surface area contributed by atoms with Crippen LogP contribution in [0.3, 0.4) is 0 Å². The van der Waals surface area contributed by atoms with Gasteiger partial charge in [0, 0.05) is 6.42 Å². The molecule has 2 fully saturated rings. The summed E-state index contributed by atoms with van der Waals surface area (Å²) >= 11 is 0. The molecule has 98 heavy (non-hydrogen) atoms. The van der Waals surface area contributed by atoms with Gasteiger partial charge in [-0.2, -0.15) is 0 Å². The number of amides is 1. The number of hydrogen-bond acceptors (Lipinski definition) is 13. The molecule has 0 aromatic rings. The Morgan fingerprint density at radius 3 is 1.00 bits per heavy atom. The van der Waals surface area contributed by atoms with Crippen LogP contribution < -0.4 is 5.32 Å². The zero-order valence-electron chi connectivity index (χ0n) is 63.6. The molecule has 2 aliphatic rings. The minimum absolute atomic E-state index is 0.240. The molecule has 0 aliphatic carbocycles. The van der Waals surface area contributed by atoms with E-state index in [4.69, 9.17) is 18.9 Å². The van der Waals surface area contributed by atoms with Gasteiger partial charge in [-0.05, 0) is 57.8 Å². The molecule has 12 atom stereocenters. The highest BCUT2D eigenvalue weighted by molar-refractivity contribution is 5.76. The number of hydrogen-bond donors (Lipinski definition) is 9. The van der Waals surface area contributed by atoms with Crippen molar-refractivity contribution in [1.82, 2.24) is 5.32 Å². The molecule has 0 radical (unpaired) electrons. The lowest BCUT2D eigenvalue weighted by Gasteiger charge is -2.46. The van der Waals surface area contributed by atoms with E-state index in [1.165, 1.54) is 334 Å². The van der Waals surface area contributed by atoms with Gasteiger partial charge in [-0.3, -0.25) is 4.79 Å². The molecular weight excluding hydrogens is 1230 g/mol. The van der Waals surface area contributed by atoms with Gasteiger partial charge in [-0.1, -0.05) is 371 Å². The van der Waals surface area contributed by atoms with Crippen LogP contribution >= 0.6 is 0 Å². The van der Waals surface area contributed by atoms with Gasteiger partial charge in [-0.25, -0.2) is 0 Å². The Morgan fingerprint density at radius 2 is 0.653 bits per heavy atom. The number of carbonyl (C=O) groups is 1. The van der Waals surface area contributed by atoms with E-state index in [1.807, 2.05) is 6.08 Å². The fourth-order valence-corrected chi connectivity index (χ4v) is 14.1. The minimum atomic E-state index is -1.79. The lowest BCUT2D eigenvalue weighted by molar-refractivity contribution is -0.359. The lowest BCUT2D eigenvalue weighted by Crippen LogP contribution is -2.65. The van der Waals surface area contributed by atoms with Crippen LogP contribution in [0.25, 0.3) is 0 Å². The normalized spacial score (nSPS) is 22.1. The third-order valence-corrected chi connectivity index (χ3v) is 20.8. The fourth-order valence-electron chi connectivity index (χ4n) is 14.1. The average molecular weight is 1390 g/mol. The summed E-state index contributed by atoms with van der Waals surface area (Å²) < 4.78 is 22.9. The van der Waals surface area contributed by atoms with Crippen LogP contribution in [0, 0.1) is 0 Å². The van der Waals surface area contributed by atoms with E-state index in [-0.39, 0.29) is 18.9 Å². The highest BCUT2D eigenvalue weighted by Crippen LogP contribution is 2.30. The van der Waals surface area contributed by atoms with Crippen molar-refractivity contribution < 1.29 is 64.6 Å². The topological polar surface area (TPSA) is 228 Å². The zero-order chi connectivity index (χ0) is 70.8. The first kappa shape index (κ1) is 92.3. The molecular formula is C84H159NO13. The molecule has 0 spiro atoms. The Kier molecular flexibility index (Phi) is 64.3. The smallest absolute Gasteiger partial charge is 0.220 e. The summed E-state index contributed by atoms with van der Waals surface area (Å²) in [7, 11) is 0. The van der Waals surface area contributed by atoms with E-state index in [0.29, 0.717) is 12.8 Å². The second kappa shape index (κ2) is 68.3. The highest BCUT2D eigenvalue weighted by Gasteiger charge is 2.51. The molecule has 0 saturated carbocycles. The Bertz CT molecular complexity index is 1780. The van der Waals surface area contributed by atoms with Crippen LogP contribution in [-0.2, 0) is 23.7 Å². The first-order valence-corrected chi connectivity index (χ1v) is 42.2. The number of allylic oxidation sites excluding steroid dienone is 5. The maximum absolute atomic E-state index is 13.4. The number of carbonyl (C=O) groups excluding carboxylic acids is 1. The van der Waals surface area contributed by atoms with E-state index in [9.17, 15) is 45.6 Å². The number of nitrogens with one attached hydrogen (secondary N) is 1. The molecule has 0 bridgehead atoms. The fraction of sp³-hybridized carbons (Fsp3) is 0.917. The second-order valence-corrected chi connectivity index (χ2v) is 30.0. The number of unbranched alkanes of at least 4 members (excludes halogenated alkanes) is 55. The van der Waals surface area contributed by atoms with E-state index >= 15 is 0 Å². The quantitative estimate of drug-likeness (QED) is 0.0204. The van der Waals surface area contributed by atoms with E-state index in [2.05, 4.69) is 43.5 Å². The number of rotatable bonds is 72. The van der Waals surface area contributed by atoms with Crippen molar-refractivity contribution in [3.8, 4) is 0 Å². The standard InChI is InChI=1S/C84H159NO13/c1-3-5-7-9-11-13-15-17-19-21-23-25-27-29-31-33-34-35-36-37-38-40-42-44-46-48-50-52-54-56-58-60-62-64-66-68-76(89)85-72(71-95-83-81(94)79(92)82(75(70-87)97-83)98-84-80(93)78(91)77(90)74(69-86)96-84)73(88)67-65-63-61-59-57-55-53-51-49-47-45-43-41-39-32-30-28-26-24-22-20-18-16-14-12-10-8-6-4-2/h21,23,57,59,65,67,72-75,77-84,86-88,90-94H,3-20,22,24-56,58,60-64,66,68-71H2,1-2H3,(H,85,89)/b23-21-,59-57+,67-65+. The number of aliphatic hydroxyl groups is 8. The van der Waals surface area contributed by atoms with Crippen LogP contribution in [0.15, 0.2) is 36.5 Å². The maximum atomic E-state index is 13.4. The van der Waals surface area contributed by atoms with Crippen molar-refractivity contribution in [1.29, 1.82) is 0 Å².